The van der Waals surface area contributed by atoms with Crippen LogP contribution in [0.2, 0.25) is 5.02 Å². The molecule has 5 rings (SSSR count). The van der Waals surface area contributed by atoms with Crippen molar-refractivity contribution in [3.8, 4) is 5.75 Å². The van der Waals surface area contributed by atoms with Crippen LogP contribution in [0.1, 0.15) is 49.4 Å². The van der Waals surface area contributed by atoms with E-state index in [1.165, 1.54) is 24.8 Å². The predicted octanol–water partition coefficient (Wildman–Crippen LogP) is 5.18. The fraction of sp³-hybridized carbons (Fsp3) is 0.500. The summed E-state index contributed by atoms with van der Waals surface area (Å²) in [6.07, 6.45) is 9.86. The van der Waals surface area contributed by atoms with Crippen molar-refractivity contribution in [2.75, 3.05) is 19.7 Å². The number of aryl methyl sites for hydroxylation is 1. The minimum atomic E-state index is 0.501. The molecule has 5 nitrogen and oxygen atoms in total. The smallest absolute Gasteiger partial charge is 0.123 e. The van der Waals surface area contributed by atoms with Crippen LogP contribution in [0, 0.1) is 5.92 Å². The molecular weight excluding hydrogens is 396 g/mol. The van der Waals surface area contributed by atoms with Gasteiger partial charge in [-0.15, -0.1) is 0 Å². The second kappa shape index (κ2) is 8.56. The molecule has 1 saturated heterocycles. The zero-order valence-corrected chi connectivity index (χ0v) is 18.3. The molecule has 30 heavy (non-hydrogen) atoms. The van der Waals surface area contributed by atoms with Crippen LogP contribution in [-0.4, -0.2) is 39.1 Å². The van der Waals surface area contributed by atoms with Gasteiger partial charge in [0.15, 0.2) is 0 Å². The summed E-state index contributed by atoms with van der Waals surface area (Å²) in [6, 6.07) is 8.17. The maximum absolute atomic E-state index is 6.35. The molecule has 158 valence electrons. The summed E-state index contributed by atoms with van der Waals surface area (Å²) in [5.74, 6) is 3.37. The molecular formula is C24H29ClN4O. The lowest BCUT2D eigenvalue weighted by molar-refractivity contribution is 0.173. The maximum Gasteiger partial charge on any atom is 0.123 e. The third-order valence-corrected chi connectivity index (χ3v) is 7.07. The minimum Gasteiger partial charge on any atom is -0.493 e. The first-order chi connectivity index (χ1) is 14.7. The van der Waals surface area contributed by atoms with Gasteiger partial charge in [-0.2, -0.15) is 0 Å². The molecule has 0 spiro atoms. The quantitative estimate of drug-likeness (QED) is 0.546. The van der Waals surface area contributed by atoms with E-state index >= 15 is 0 Å². The van der Waals surface area contributed by atoms with Crippen molar-refractivity contribution >= 4 is 22.6 Å². The first kappa shape index (κ1) is 19.8. The van der Waals surface area contributed by atoms with Crippen molar-refractivity contribution in [2.24, 2.45) is 13.0 Å². The highest BCUT2D eigenvalue weighted by Gasteiger charge is 2.25. The number of pyridine rings is 1. The molecule has 3 aromatic rings. The Balaban J connectivity index is 1.24. The van der Waals surface area contributed by atoms with E-state index in [1.807, 2.05) is 24.5 Å². The molecule has 2 aliphatic rings. The van der Waals surface area contributed by atoms with Crippen molar-refractivity contribution in [1.29, 1.82) is 0 Å². The van der Waals surface area contributed by atoms with Crippen LogP contribution in [-0.2, 0) is 13.6 Å². The number of halogens is 1. The summed E-state index contributed by atoms with van der Waals surface area (Å²) in [5.41, 5.74) is 3.40. The van der Waals surface area contributed by atoms with Crippen molar-refractivity contribution < 1.29 is 4.74 Å². The number of piperidine rings is 1. The normalized spacial score (nSPS) is 18.6. The van der Waals surface area contributed by atoms with Crippen LogP contribution in [0.3, 0.4) is 0 Å². The second-order valence-electron chi connectivity index (χ2n) is 8.79. The molecule has 0 amide bonds. The number of aromatic nitrogens is 3. The molecule has 2 aromatic heterocycles. The van der Waals surface area contributed by atoms with Gasteiger partial charge in [0.2, 0.25) is 0 Å². The predicted molar refractivity (Wildman–Crippen MR) is 120 cm³/mol. The van der Waals surface area contributed by atoms with Gasteiger partial charge in [-0.1, -0.05) is 18.0 Å². The summed E-state index contributed by atoms with van der Waals surface area (Å²) in [4.78, 5) is 11.5. The first-order valence-electron chi connectivity index (χ1n) is 11.1. The Kier molecular flexibility index (Phi) is 5.66. The molecule has 1 saturated carbocycles. The SMILES string of the molecule is Cn1c(CN2CCC(c3cc(Cl)ccc3OCC3CCC3)CC2)nc2cnccc21. The highest BCUT2D eigenvalue weighted by Crippen LogP contribution is 2.37. The van der Waals surface area contributed by atoms with Gasteiger partial charge in [-0.25, -0.2) is 4.98 Å². The van der Waals surface area contributed by atoms with E-state index < -0.39 is 0 Å². The third-order valence-electron chi connectivity index (χ3n) is 6.84. The van der Waals surface area contributed by atoms with Gasteiger partial charge >= 0.3 is 0 Å². The second-order valence-corrected chi connectivity index (χ2v) is 9.23. The number of nitrogens with zero attached hydrogens (tertiary/aromatic N) is 4. The van der Waals surface area contributed by atoms with Crippen LogP contribution in [0.4, 0.5) is 0 Å². The molecule has 0 unspecified atom stereocenters. The molecule has 3 heterocycles. The number of ether oxygens (including phenoxy) is 1. The molecule has 0 N–H and O–H groups in total. The number of benzene rings is 1. The monoisotopic (exact) mass is 424 g/mol. The fourth-order valence-corrected chi connectivity index (χ4v) is 4.86. The van der Waals surface area contributed by atoms with E-state index in [0.29, 0.717) is 5.92 Å². The van der Waals surface area contributed by atoms with Crippen molar-refractivity contribution in [3.63, 3.8) is 0 Å². The molecule has 1 aromatic carbocycles. The number of imidazole rings is 1. The molecule has 2 fully saturated rings. The lowest BCUT2D eigenvalue weighted by Crippen LogP contribution is -2.33. The number of hydrogen-bond acceptors (Lipinski definition) is 4. The third kappa shape index (κ3) is 4.06. The lowest BCUT2D eigenvalue weighted by Gasteiger charge is -2.33. The van der Waals surface area contributed by atoms with Gasteiger partial charge in [0.05, 0.1) is 24.9 Å². The van der Waals surface area contributed by atoms with Crippen LogP contribution in [0.15, 0.2) is 36.7 Å². The number of hydrogen-bond donors (Lipinski definition) is 0. The highest BCUT2D eigenvalue weighted by molar-refractivity contribution is 6.30. The Morgan fingerprint density at radius 2 is 1.97 bits per heavy atom. The van der Waals surface area contributed by atoms with Crippen LogP contribution in [0.25, 0.3) is 11.0 Å². The van der Waals surface area contributed by atoms with E-state index in [4.69, 9.17) is 21.3 Å². The van der Waals surface area contributed by atoms with Gasteiger partial charge in [0, 0.05) is 18.3 Å². The van der Waals surface area contributed by atoms with E-state index in [9.17, 15) is 0 Å². The maximum atomic E-state index is 6.35. The van der Waals surface area contributed by atoms with E-state index in [2.05, 4.69) is 33.6 Å². The van der Waals surface area contributed by atoms with Gasteiger partial charge in [0.1, 0.15) is 17.1 Å². The molecule has 0 atom stereocenters. The Hall–Kier alpha value is -2.11. The summed E-state index contributed by atoms with van der Waals surface area (Å²) in [5, 5.41) is 0.803. The minimum absolute atomic E-state index is 0.501. The highest BCUT2D eigenvalue weighted by atomic mass is 35.5. The average Bonchev–Trinajstić information content (AvgIpc) is 3.04. The molecule has 0 bridgehead atoms. The van der Waals surface area contributed by atoms with Crippen molar-refractivity contribution in [2.45, 2.75) is 44.6 Å². The van der Waals surface area contributed by atoms with Gasteiger partial charge in [0.25, 0.3) is 0 Å². The molecule has 6 heteroatoms. The van der Waals surface area contributed by atoms with Crippen molar-refractivity contribution in [3.05, 3.63) is 53.1 Å². The fourth-order valence-electron chi connectivity index (χ4n) is 4.68. The first-order valence-corrected chi connectivity index (χ1v) is 11.4. The van der Waals surface area contributed by atoms with Crippen molar-refractivity contribution in [1.82, 2.24) is 19.4 Å². The van der Waals surface area contributed by atoms with Crippen LogP contribution in [0.5, 0.6) is 5.75 Å². The molecule has 1 aliphatic heterocycles. The Morgan fingerprint density at radius 3 is 2.70 bits per heavy atom. The van der Waals surface area contributed by atoms with Crippen LogP contribution >= 0.6 is 11.6 Å². The average molecular weight is 425 g/mol. The van der Waals surface area contributed by atoms with Gasteiger partial charge in [-0.3, -0.25) is 9.88 Å². The summed E-state index contributed by atoms with van der Waals surface area (Å²) in [6.45, 7) is 3.83. The zero-order valence-electron chi connectivity index (χ0n) is 17.6. The Labute approximate surface area is 183 Å². The van der Waals surface area contributed by atoms with Gasteiger partial charge in [-0.05, 0) is 80.4 Å². The largest absolute Gasteiger partial charge is 0.493 e. The summed E-state index contributed by atoms with van der Waals surface area (Å²) >= 11 is 6.35. The number of likely N-dealkylation sites (tertiary alicyclic amines) is 1. The van der Waals surface area contributed by atoms with E-state index in [-0.39, 0.29) is 0 Å². The lowest BCUT2D eigenvalue weighted by atomic mass is 9.86. The molecule has 1 aliphatic carbocycles. The summed E-state index contributed by atoms with van der Waals surface area (Å²) in [7, 11) is 2.09. The van der Waals surface area contributed by atoms with E-state index in [0.717, 1.165) is 72.6 Å². The summed E-state index contributed by atoms with van der Waals surface area (Å²) < 4.78 is 8.42. The number of fused-ring (bicyclic) bond motifs is 1. The Bertz CT molecular complexity index is 1020. The molecule has 0 radical (unpaired) electrons. The van der Waals surface area contributed by atoms with Gasteiger partial charge < -0.3 is 9.30 Å². The zero-order chi connectivity index (χ0) is 20.5. The van der Waals surface area contributed by atoms with E-state index in [1.54, 1.807) is 0 Å². The number of rotatable bonds is 6. The van der Waals surface area contributed by atoms with Crippen LogP contribution < -0.4 is 4.74 Å². The topological polar surface area (TPSA) is 43.2 Å². The Morgan fingerprint density at radius 1 is 1.13 bits per heavy atom. The standard InChI is InChI=1S/C24H29ClN4O/c1-28-22-7-10-26-14-21(22)27-24(28)15-29-11-8-18(9-12-29)20-13-19(25)5-6-23(20)30-16-17-3-2-4-17/h5-7,10,13-14,17-18H,2-4,8-9,11-12,15-16H2,1H3.